The zero-order valence-corrected chi connectivity index (χ0v) is 13.6. The smallest absolute Gasteiger partial charge is 0.303 e. The zero-order chi connectivity index (χ0) is 16.9. The molecule has 2 fully saturated rings. The Morgan fingerprint density at radius 1 is 1.54 bits per heavy atom. The Morgan fingerprint density at radius 3 is 3.17 bits per heavy atom. The summed E-state index contributed by atoms with van der Waals surface area (Å²) in [5, 5.41) is 17.4. The minimum Gasteiger partial charge on any atom is -0.481 e. The fourth-order valence-electron chi connectivity index (χ4n) is 4.06. The number of aryl methyl sites for hydroxylation is 1. The molecule has 2 aliphatic heterocycles. The summed E-state index contributed by atoms with van der Waals surface area (Å²) < 4.78 is 1.69. The number of carboxylic acids is 1. The van der Waals surface area contributed by atoms with E-state index in [1.165, 1.54) is 0 Å². The number of carboxylic acid groups (broad SMARTS) is 1. The number of nitrogens with zero attached hydrogens (tertiary/aromatic N) is 5. The van der Waals surface area contributed by atoms with Crippen LogP contribution in [0.5, 0.6) is 0 Å². The summed E-state index contributed by atoms with van der Waals surface area (Å²) in [6.45, 7) is 3.31. The maximum Gasteiger partial charge on any atom is 0.303 e. The van der Waals surface area contributed by atoms with Crippen LogP contribution in [0.4, 0.5) is 11.8 Å². The molecular weight excluding hydrogens is 310 g/mol. The molecular formula is C15H21N7O2. The predicted octanol–water partition coefficient (Wildman–Crippen LogP) is -0.164. The molecule has 24 heavy (non-hydrogen) atoms. The van der Waals surface area contributed by atoms with Crippen molar-refractivity contribution in [1.29, 1.82) is 0 Å². The van der Waals surface area contributed by atoms with Crippen LogP contribution in [-0.2, 0) is 11.8 Å². The predicted molar refractivity (Wildman–Crippen MR) is 88.6 cm³/mol. The van der Waals surface area contributed by atoms with Crippen molar-refractivity contribution in [3.8, 4) is 0 Å². The van der Waals surface area contributed by atoms with Gasteiger partial charge in [0.25, 0.3) is 0 Å². The fourth-order valence-corrected chi connectivity index (χ4v) is 4.06. The van der Waals surface area contributed by atoms with Crippen LogP contribution in [0.1, 0.15) is 12.8 Å². The van der Waals surface area contributed by atoms with Gasteiger partial charge in [-0.3, -0.25) is 9.48 Å². The third kappa shape index (κ3) is 2.27. The van der Waals surface area contributed by atoms with E-state index in [2.05, 4.69) is 25.3 Å². The molecule has 4 heterocycles. The number of anilines is 2. The summed E-state index contributed by atoms with van der Waals surface area (Å²) >= 11 is 0. The lowest BCUT2D eigenvalue weighted by molar-refractivity contribution is -0.137. The summed E-state index contributed by atoms with van der Waals surface area (Å²) in [6, 6.07) is 0. The first-order valence-corrected chi connectivity index (χ1v) is 8.11. The second kappa shape index (κ2) is 5.30. The van der Waals surface area contributed by atoms with Gasteiger partial charge in [0.2, 0.25) is 5.95 Å². The lowest BCUT2D eigenvalue weighted by Crippen LogP contribution is -2.34. The number of nitrogen functional groups attached to an aromatic ring is 1. The van der Waals surface area contributed by atoms with Gasteiger partial charge in [0.05, 0.1) is 11.6 Å². The van der Waals surface area contributed by atoms with Crippen LogP contribution in [0.25, 0.3) is 11.0 Å². The minimum absolute atomic E-state index is 0.0298. The average molecular weight is 331 g/mol. The first kappa shape index (κ1) is 15.1. The quantitative estimate of drug-likeness (QED) is 0.706. The van der Waals surface area contributed by atoms with E-state index in [-0.39, 0.29) is 11.8 Å². The highest BCUT2D eigenvalue weighted by atomic mass is 16.4. The summed E-state index contributed by atoms with van der Waals surface area (Å²) in [7, 11) is 1.83. The van der Waals surface area contributed by atoms with Gasteiger partial charge in [0.15, 0.2) is 5.65 Å². The van der Waals surface area contributed by atoms with Crippen LogP contribution < -0.4 is 16.0 Å². The molecule has 2 aromatic heterocycles. The van der Waals surface area contributed by atoms with Crippen molar-refractivity contribution in [3.63, 3.8) is 0 Å². The van der Waals surface area contributed by atoms with E-state index in [0.29, 0.717) is 29.8 Å². The molecule has 128 valence electrons. The Morgan fingerprint density at radius 2 is 2.38 bits per heavy atom. The van der Waals surface area contributed by atoms with Crippen LogP contribution >= 0.6 is 0 Å². The second-order valence-corrected chi connectivity index (χ2v) is 6.88. The molecule has 0 aromatic carbocycles. The van der Waals surface area contributed by atoms with Crippen molar-refractivity contribution in [2.75, 3.05) is 36.8 Å². The van der Waals surface area contributed by atoms with Gasteiger partial charge in [0.1, 0.15) is 5.82 Å². The van der Waals surface area contributed by atoms with Crippen LogP contribution in [0, 0.1) is 11.3 Å². The Labute approximate surface area is 138 Å². The molecule has 0 saturated carbocycles. The van der Waals surface area contributed by atoms with E-state index in [0.717, 1.165) is 31.6 Å². The number of fused-ring (bicyclic) bond motifs is 2. The van der Waals surface area contributed by atoms with Gasteiger partial charge in [-0.15, -0.1) is 0 Å². The lowest BCUT2D eigenvalue weighted by atomic mass is 9.77. The molecule has 9 heteroatoms. The number of hydrogen-bond acceptors (Lipinski definition) is 7. The van der Waals surface area contributed by atoms with Crippen molar-refractivity contribution < 1.29 is 9.90 Å². The van der Waals surface area contributed by atoms with Crippen molar-refractivity contribution in [2.45, 2.75) is 12.8 Å². The molecule has 0 amide bonds. The Bertz CT molecular complexity index is 804. The standard InChI is InChI=1S/C15H21N7O2/c1-21-13-10(5-18-21)12(16)19-14(20-13)22-6-9-4-17-7-15(9,8-22)3-2-11(23)24/h5,9,17H,2-4,6-8H2,1H3,(H,23,24)(H2,16,19,20). The van der Waals surface area contributed by atoms with Gasteiger partial charge in [-0.25, -0.2) is 0 Å². The van der Waals surface area contributed by atoms with Gasteiger partial charge < -0.3 is 21.1 Å². The SMILES string of the molecule is Cn1ncc2c(N)nc(N3CC4CNCC4(CCC(=O)O)C3)nc21. The highest BCUT2D eigenvalue weighted by Gasteiger charge is 2.50. The number of aliphatic carboxylic acids is 1. The van der Waals surface area contributed by atoms with Gasteiger partial charge in [-0.2, -0.15) is 15.1 Å². The van der Waals surface area contributed by atoms with Crippen molar-refractivity contribution >= 4 is 28.8 Å². The van der Waals surface area contributed by atoms with E-state index in [1.807, 2.05) is 7.05 Å². The van der Waals surface area contributed by atoms with Gasteiger partial charge in [-0.05, 0) is 12.3 Å². The first-order valence-electron chi connectivity index (χ1n) is 8.11. The molecule has 0 aliphatic carbocycles. The molecule has 4 N–H and O–H groups in total. The molecule has 4 rings (SSSR count). The van der Waals surface area contributed by atoms with E-state index in [9.17, 15) is 4.79 Å². The van der Waals surface area contributed by atoms with Crippen LogP contribution in [0.15, 0.2) is 6.20 Å². The monoisotopic (exact) mass is 331 g/mol. The third-order valence-electron chi connectivity index (χ3n) is 5.41. The largest absolute Gasteiger partial charge is 0.481 e. The number of aromatic nitrogens is 4. The second-order valence-electron chi connectivity index (χ2n) is 6.88. The van der Waals surface area contributed by atoms with Crippen molar-refractivity contribution in [3.05, 3.63) is 6.20 Å². The summed E-state index contributed by atoms with van der Waals surface area (Å²) in [5.74, 6) is 0.694. The van der Waals surface area contributed by atoms with Gasteiger partial charge >= 0.3 is 5.97 Å². The van der Waals surface area contributed by atoms with Gasteiger partial charge in [-0.1, -0.05) is 0 Å². The highest BCUT2D eigenvalue weighted by Crippen LogP contribution is 2.43. The topological polar surface area (TPSA) is 122 Å². The van der Waals surface area contributed by atoms with Crippen molar-refractivity contribution in [1.82, 2.24) is 25.1 Å². The molecule has 2 unspecified atom stereocenters. The van der Waals surface area contributed by atoms with E-state index >= 15 is 0 Å². The van der Waals surface area contributed by atoms with E-state index < -0.39 is 5.97 Å². The number of nitrogens with one attached hydrogen (secondary N) is 1. The minimum atomic E-state index is -0.745. The molecule has 2 aliphatic rings. The Balaban J connectivity index is 1.64. The summed E-state index contributed by atoms with van der Waals surface area (Å²) in [4.78, 5) is 22.2. The molecule has 0 spiro atoms. The number of hydrogen-bond donors (Lipinski definition) is 3. The number of carbonyl (C=O) groups is 1. The van der Waals surface area contributed by atoms with E-state index in [4.69, 9.17) is 10.8 Å². The molecule has 2 aromatic rings. The van der Waals surface area contributed by atoms with Crippen LogP contribution in [0.3, 0.4) is 0 Å². The molecule has 0 bridgehead atoms. The average Bonchev–Trinajstić information content (AvgIpc) is 3.18. The fraction of sp³-hybridized carbons (Fsp3) is 0.600. The van der Waals surface area contributed by atoms with Gasteiger partial charge in [0, 0.05) is 45.1 Å². The number of rotatable bonds is 4. The molecule has 2 saturated heterocycles. The summed E-state index contributed by atoms with van der Waals surface area (Å²) in [5.41, 5.74) is 6.75. The van der Waals surface area contributed by atoms with Crippen LogP contribution in [0.2, 0.25) is 0 Å². The van der Waals surface area contributed by atoms with E-state index in [1.54, 1.807) is 10.9 Å². The molecule has 0 radical (unpaired) electrons. The molecule has 9 nitrogen and oxygen atoms in total. The Kier molecular flexibility index (Phi) is 3.34. The lowest BCUT2D eigenvalue weighted by Gasteiger charge is -2.27. The normalized spacial score (nSPS) is 26.2. The zero-order valence-electron chi connectivity index (χ0n) is 13.6. The maximum atomic E-state index is 11.0. The highest BCUT2D eigenvalue weighted by molar-refractivity contribution is 5.86. The molecule has 2 atom stereocenters. The van der Waals surface area contributed by atoms with Crippen LogP contribution in [-0.4, -0.2) is 57.0 Å². The van der Waals surface area contributed by atoms with Crippen molar-refractivity contribution in [2.24, 2.45) is 18.4 Å². The third-order valence-corrected chi connectivity index (χ3v) is 5.41. The number of nitrogens with two attached hydrogens (primary N) is 1. The summed E-state index contributed by atoms with van der Waals surface area (Å²) in [6.07, 6.45) is 2.53. The maximum absolute atomic E-state index is 11.0. The first-order chi connectivity index (χ1) is 11.5. The Hall–Kier alpha value is -2.42.